The summed E-state index contributed by atoms with van der Waals surface area (Å²) in [6.45, 7) is 18.1. The predicted molar refractivity (Wildman–Crippen MR) is 157 cm³/mol. The second-order valence-electron chi connectivity index (χ2n) is 16.7. The summed E-state index contributed by atoms with van der Waals surface area (Å²) in [5.74, 6) is 3.21. The highest BCUT2D eigenvalue weighted by Gasteiger charge is 2.71. The van der Waals surface area contributed by atoms with Gasteiger partial charge in [0, 0.05) is 5.54 Å². The van der Waals surface area contributed by atoms with Crippen LogP contribution in [0.2, 0.25) is 0 Å². The Balaban J connectivity index is 1.25. The van der Waals surface area contributed by atoms with E-state index in [-0.39, 0.29) is 27.8 Å². The van der Waals surface area contributed by atoms with Crippen LogP contribution in [-0.2, 0) is 4.74 Å². The van der Waals surface area contributed by atoms with Gasteiger partial charge in [-0.05, 0) is 146 Å². The van der Waals surface area contributed by atoms with Crippen molar-refractivity contribution in [1.29, 1.82) is 0 Å². The van der Waals surface area contributed by atoms with Crippen molar-refractivity contribution in [3.8, 4) is 0 Å². The minimum absolute atomic E-state index is 0.0158. The number of ether oxygens (including phenoxy) is 1. The predicted octanol–water partition coefficient (Wildman–Crippen LogP) is 8.71. The normalized spacial score (nSPS) is 51.7. The number of hydrogen-bond donors (Lipinski definition) is 1. The molecule has 1 aliphatic heterocycles. The quantitative estimate of drug-likeness (QED) is 0.386. The van der Waals surface area contributed by atoms with E-state index in [1.54, 1.807) is 6.07 Å². The van der Waals surface area contributed by atoms with Gasteiger partial charge in [-0.15, -0.1) is 0 Å². The molecule has 1 heterocycles. The smallest absolute Gasteiger partial charge is 0.126 e. The summed E-state index contributed by atoms with van der Waals surface area (Å²) in [5.41, 5.74) is 11.6. The Morgan fingerprint density at radius 2 is 1.59 bits per heavy atom. The van der Waals surface area contributed by atoms with Gasteiger partial charge in [0.25, 0.3) is 0 Å². The van der Waals surface area contributed by atoms with Gasteiger partial charge in [-0.3, -0.25) is 0 Å². The first kappa shape index (κ1) is 26.7. The molecule has 1 aromatic rings. The van der Waals surface area contributed by atoms with Gasteiger partial charge in [0.05, 0.1) is 12.2 Å². The molecule has 7 rings (SSSR count). The third-order valence-electron chi connectivity index (χ3n) is 14.9. The Morgan fingerprint density at radius 1 is 0.846 bits per heavy atom. The molecule has 10 atom stereocenters. The number of epoxide rings is 1. The van der Waals surface area contributed by atoms with Crippen molar-refractivity contribution in [3.05, 3.63) is 41.2 Å². The lowest BCUT2D eigenvalue weighted by molar-refractivity contribution is -0.219. The van der Waals surface area contributed by atoms with E-state index in [1.165, 1.54) is 56.9 Å². The van der Waals surface area contributed by atoms with Crippen LogP contribution in [-0.4, -0.2) is 17.7 Å². The van der Waals surface area contributed by atoms with Crippen LogP contribution in [0.4, 0.5) is 4.39 Å². The van der Waals surface area contributed by atoms with Gasteiger partial charge in [-0.2, -0.15) is 0 Å². The molecule has 1 aromatic carbocycles. The first-order chi connectivity index (χ1) is 18.2. The zero-order valence-electron chi connectivity index (χ0n) is 25.6. The number of aryl methyl sites for hydroxylation is 1. The largest absolute Gasteiger partial charge is 0.370 e. The fourth-order valence-corrected chi connectivity index (χ4v) is 12.5. The van der Waals surface area contributed by atoms with E-state index in [4.69, 9.17) is 10.5 Å². The minimum Gasteiger partial charge on any atom is -0.370 e. The number of allylic oxidation sites excluding steroid dienone is 2. The van der Waals surface area contributed by atoms with Gasteiger partial charge >= 0.3 is 0 Å². The number of nitrogens with two attached hydrogens (primary N) is 1. The summed E-state index contributed by atoms with van der Waals surface area (Å²) in [6.07, 6.45) is 13.8. The molecule has 0 bridgehead atoms. The standard InChI is InChI=1S/C36H52FNO/c1-22-8-9-23(20-27(22)37)24-12-15-32(4)28(31(24,2)3)14-16-34(6)29(32)11-10-25-30-26(35(7)21-39-35)13-17-36(30,38)19-18-33(25,34)5/h8-9,12,20,25-26,28-30H,10-11,13-19,21,38H2,1-7H3/t25-,26-,28+,29-,30+,32+,33-,34-,35?,36+/m1/s1. The van der Waals surface area contributed by atoms with Gasteiger partial charge in [-0.1, -0.05) is 52.8 Å². The van der Waals surface area contributed by atoms with E-state index < -0.39 is 0 Å². The van der Waals surface area contributed by atoms with E-state index in [0.717, 1.165) is 30.1 Å². The molecular formula is C36H52FNO. The van der Waals surface area contributed by atoms with Crippen LogP contribution in [0.1, 0.15) is 110 Å². The van der Waals surface area contributed by atoms with Gasteiger partial charge in [0.15, 0.2) is 0 Å². The Bertz CT molecular complexity index is 1230. The number of benzene rings is 1. The summed E-state index contributed by atoms with van der Waals surface area (Å²) in [4.78, 5) is 0. The molecule has 5 aliphatic carbocycles. The van der Waals surface area contributed by atoms with Crippen LogP contribution in [0.15, 0.2) is 24.3 Å². The Morgan fingerprint density at radius 3 is 2.28 bits per heavy atom. The van der Waals surface area contributed by atoms with Crippen molar-refractivity contribution in [1.82, 2.24) is 0 Å². The molecule has 1 saturated heterocycles. The van der Waals surface area contributed by atoms with E-state index in [0.29, 0.717) is 34.5 Å². The summed E-state index contributed by atoms with van der Waals surface area (Å²) >= 11 is 0. The van der Waals surface area contributed by atoms with E-state index in [2.05, 4.69) is 53.7 Å². The van der Waals surface area contributed by atoms with Gasteiger partial charge in [-0.25, -0.2) is 4.39 Å². The molecule has 2 N–H and O–H groups in total. The Labute approximate surface area is 236 Å². The van der Waals surface area contributed by atoms with Crippen LogP contribution in [0.3, 0.4) is 0 Å². The van der Waals surface area contributed by atoms with E-state index in [1.807, 2.05) is 13.0 Å². The molecule has 3 heteroatoms. The second kappa shape index (κ2) is 8.00. The summed E-state index contributed by atoms with van der Waals surface area (Å²) < 4.78 is 20.8. The number of rotatable bonds is 2. The molecular weight excluding hydrogens is 481 g/mol. The fourth-order valence-electron chi connectivity index (χ4n) is 12.5. The van der Waals surface area contributed by atoms with E-state index in [9.17, 15) is 4.39 Å². The van der Waals surface area contributed by atoms with Crippen molar-refractivity contribution in [2.75, 3.05) is 6.61 Å². The SMILES string of the molecule is Cc1ccc(C2=CC[C@]3(C)[C@H]4CC[C@@H]5[C@H]6[C@H](C7(C)CO7)CC[C@]6(N)CC[C@@]5(C)[C@]4(C)CC[C@H]3C2(C)C)cc1F. The Kier molecular flexibility index (Phi) is 5.48. The monoisotopic (exact) mass is 533 g/mol. The van der Waals surface area contributed by atoms with Crippen molar-refractivity contribution in [2.24, 2.45) is 57.0 Å². The van der Waals surface area contributed by atoms with Crippen molar-refractivity contribution in [3.63, 3.8) is 0 Å². The maximum absolute atomic E-state index is 14.6. The summed E-state index contributed by atoms with van der Waals surface area (Å²) in [5, 5.41) is 0. The number of halogens is 1. The lowest BCUT2D eigenvalue weighted by Gasteiger charge is -2.72. The molecule has 4 saturated carbocycles. The molecule has 5 fully saturated rings. The van der Waals surface area contributed by atoms with Crippen molar-refractivity contribution in [2.45, 2.75) is 117 Å². The average molecular weight is 534 g/mol. The molecule has 1 unspecified atom stereocenters. The number of hydrogen-bond acceptors (Lipinski definition) is 2. The number of fused-ring (bicyclic) bond motifs is 7. The first-order valence-corrected chi connectivity index (χ1v) is 16.1. The van der Waals surface area contributed by atoms with Gasteiger partial charge in [0.2, 0.25) is 0 Å². The molecule has 39 heavy (non-hydrogen) atoms. The lowest BCUT2D eigenvalue weighted by atomic mass is 9.33. The van der Waals surface area contributed by atoms with Crippen LogP contribution in [0, 0.1) is 64.0 Å². The van der Waals surface area contributed by atoms with Crippen LogP contribution < -0.4 is 5.73 Å². The highest BCUT2D eigenvalue weighted by molar-refractivity contribution is 5.71. The van der Waals surface area contributed by atoms with Crippen LogP contribution in [0.5, 0.6) is 0 Å². The Hall–Kier alpha value is -1.19. The minimum atomic E-state index is -0.0797. The highest BCUT2D eigenvalue weighted by atomic mass is 19.1. The topological polar surface area (TPSA) is 38.5 Å². The highest BCUT2D eigenvalue weighted by Crippen LogP contribution is 2.77. The lowest BCUT2D eigenvalue weighted by Crippen LogP contribution is -2.67. The van der Waals surface area contributed by atoms with E-state index >= 15 is 0 Å². The molecule has 6 aliphatic rings. The second-order valence-corrected chi connectivity index (χ2v) is 16.7. The first-order valence-electron chi connectivity index (χ1n) is 16.1. The van der Waals surface area contributed by atoms with Gasteiger partial charge < -0.3 is 10.5 Å². The van der Waals surface area contributed by atoms with Crippen molar-refractivity contribution >= 4 is 5.57 Å². The van der Waals surface area contributed by atoms with Crippen LogP contribution in [0.25, 0.3) is 5.57 Å². The zero-order chi connectivity index (χ0) is 27.8. The average Bonchev–Trinajstić information content (AvgIpc) is 3.50. The molecule has 0 amide bonds. The fraction of sp³-hybridized carbons (Fsp3) is 0.778. The summed E-state index contributed by atoms with van der Waals surface area (Å²) in [7, 11) is 0. The van der Waals surface area contributed by atoms with Crippen LogP contribution >= 0.6 is 0 Å². The zero-order valence-corrected chi connectivity index (χ0v) is 25.6. The molecule has 214 valence electrons. The maximum atomic E-state index is 14.6. The molecule has 2 nitrogen and oxygen atoms in total. The molecule has 0 spiro atoms. The third-order valence-corrected chi connectivity index (χ3v) is 14.9. The van der Waals surface area contributed by atoms with Gasteiger partial charge in [0.1, 0.15) is 5.82 Å². The summed E-state index contributed by atoms with van der Waals surface area (Å²) in [6, 6.07) is 5.89. The maximum Gasteiger partial charge on any atom is 0.126 e. The third kappa shape index (κ3) is 3.33. The molecule has 0 radical (unpaired) electrons. The van der Waals surface area contributed by atoms with Crippen molar-refractivity contribution < 1.29 is 9.13 Å². The molecule has 0 aromatic heterocycles.